The number of carbonyl (C=O) groups excluding carboxylic acids is 3. The second kappa shape index (κ2) is 16.2. The third-order valence-electron chi connectivity index (χ3n) is 9.60. The van der Waals surface area contributed by atoms with Crippen molar-refractivity contribution in [3.63, 3.8) is 0 Å². The number of hydrogen-bond donors (Lipinski definition) is 5. The van der Waals surface area contributed by atoms with Crippen LogP contribution < -0.4 is 26.2 Å². The van der Waals surface area contributed by atoms with Crippen molar-refractivity contribution in [2.75, 3.05) is 23.3 Å². The third-order valence-corrected chi connectivity index (χ3v) is 9.60. The molecule has 3 aliphatic rings. The number of nitrogens with zero attached hydrogens (tertiary/aromatic N) is 1. The summed E-state index contributed by atoms with van der Waals surface area (Å²) in [6, 6.07) is 14.9. The van der Waals surface area contributed by atoms with Gasteiger partial charge in [-0.2, -0.15) is 0 Å². The molecule has 1 unspecified atom stereocenters. The summed E-state index contributed by atoms with van der Waals surface area (Å²) in [7, 11) is 0. The van der Waals surface area contributed by atoms with Gasteiger partial charge in [0.25, 0.3) is 5.91 Å². The van der Waals surface area contributed by atoms with Gasteiger partial charge in [-0.25, -0.2) is 0 Å². The van der Waals surface area contributed by atoms with Crippen molar-refractivity contribution in [3.8, 4) is 0 Å². The van der Waals surface area contributed by atoms with E-state index in [2.05, 4.69) is 21.3 Å². The summed E-state index contributed by atoms with van der Waals surface area (Å²) in [4.78, 5) is 41.1. The van der Waals surface area contributed by atoms with Crippen LogP contribution in [0.1, 0.15) is 99.9 Å². The second-order valence-corrected chi connectivity index (χ2v) is 13.2. The summed E-state index contributed by atoms with van der Waals surface area (Å²) in [6.07, 6.45) is 12.1. The quantitative estimate of drug-likeness (QED) is 0.222. The van der Waals surface area contributed by atoms with Crippen LogP contribution in [0.3, 0.4) is 0 Å². The Balaban J connectivity index is 1.29. The van der Waals surface area contributed by atoms with Crippen molar-refractivity contribution < 1.29 is 19.5 Å². The molecular weight excluding hydrogens is 566 g/mol. The second-order valence-electron chi connectivity index (χ2n) is 13.2. The normalized spacial score (nSPS) is 20.0. The Kier molecular flexibility index (Phi) is 11.9. The number of rotatable bonds is 13. The van der Waals surface area contributed by atoms with Gasteiger partial charge in [0.15, 0.2) is 0 Å². The van der Waals surface area contributed by atoms with Crippen LogP contribution in [0.15, 0.2) is 48.5 Å². The molecule has 0 radical (unpaired) electrons. The smallest absolute Gasteiger partial charge is 0.251 e. The minimum absolute atomic E-state index is 0.0657. The van der Waals surface area contributed by atoms with E-state index in [0.717, 1.165) is 61.9 Å². The van der Waals surface area contributed by atoms with E-state index < -0.39 is 18.2 Å². The predicted octanol–water partition coefficient (Wildman–Crippen LogP) is 4.69. The molecule has 0 aromatic heterocycles. The molecule has 5 N–H and O–H groups in total. The van der Waals surface area contributed by atoms with E-state index in [1.807, 2.05) is 49.4 Å². The zero-order chi connectivity index (χ0) is 31.6. The topological polar surface area (TPSA) is 123 Å². The highest BCUT2D eigenvalue weighted by molar-refractivity contribution is 6.00. The SMILES string of the molecule is C[C@H](NC[C@@H](O)C(Cc1ccccc1)NC(=O)c1cc(NC2CCCCC2)cc(N2CCCC2=O)c1)C(=O)NC1CCCCC1. The van der Waals surface area contributed by atoms with Crippen molar-refractivity contribution in [1.29, 1.82) is 0 Å². The fourth-order valence-electron chi connectivity index (χ4n) is 6.89. The van der Waals surface area contributed by atoms with Crippen LogP contribution in [0.5, 0.6) is 0 Å². The monoisotopic (exact) mass is 617 g/mol. The van der Waals surface area contributed by atoms with Crippen LogP contribution in [0, 0.1) is 0 Å². The Morgan fingerprint density at radius 2 is 1.60 bits per heavy atom. The first-order valence-corrected chi connectivity index (χ1v) is 17.1. The Hall–Kier alpha value is -3.43. The predicted molar refractivity (Wildman–Crippen MR) is 178 cm³/mol. The molecule has 244 valence electrons. The highest BCUT2D eigenvalue weighted by Crippen LogP contribution is 2.29. The molecule has 1 aliphatic heterocycles. The molecule has 45 heavy (non-hydrogen) atoms. The average Bonchev–Trinajstić information content (AvgIpc) is 3.50. The average molecular weight is 618 g/mol. The molecule has 1 heterocycles. The van der Waals surface area contributed by atoms with Crippen LogP contribution in [-0.4, -0.2) is 66.2 Å². The van der Waals surface area contributed by atoms with Crippen molar-refractivity contribution in [2.24, 2.45) is 0 Å². The Morgan fingerprint density at radius 1 is 0.911 bits per heavy atom. The van der Waals surface area contributed by atoms with Gasteiger partial charge in [0.2, 0.25) is 11.8 Å². The summed E-state index contributed by atoms with van der Waals surface area (Å²) >= 11 is 0. The molecule has 9 nitrogen and oxygen atoms in total. The zero-order valence-corrected chi connectivity index (χ0v) is 26.7. The summed E-state index contributed by atoms with van der Waals surface area (Å²) < 4.78 is 0. The van der Waals surface area contributed by atoms with Gasteiger partial charge in [0, 0.05) is 48.5 Å². The van der Waals surface area contributed by atoms with Gasteiger partial charge in [0.1, 0.15) is 0 Å². The van der Waals surface area contributed by atoms with Gasteiger partial charge in [-0.3, -0.25) is 14.4 Å². The van der Waals surface area contributed by atoms with Crippen LogP contribution in [0.25, 0.3) is 0 Å². The maximum atomic E-state index is 13.9. The molecule has 2 saturated carbocycles. The Labute approximate surface area is 267 Å². The molecule has 2 aliphatic carbocycles. The number of carbonyl (C=O) groups is 3. The standard InChI is InChI=1S/C36H51N5O4/c1-25(35(44)39-29-16-9-4-10-17-29)37-24-33(42)32(20-26-12-5-2-6-13-26)40-36(45)27-21-30(38-28-14-7-3-8-15-28)23-31(22-27)41-19-11-18-34(41)43/h2,5-6,12-13,21-23,25,28-29,32-33,37-38,42H,3-4,7-11,14-20,24H2,1H3,(H,39,44)(H,40,45)/t25-,32?,33+/m0/s1. The van der Waals surface area contributed by atoms with Crippen LogP contribution >= 0.6 is 0 Å². The lowest BCUT2D eigenvalue weighted by Crippen LogP contribution is -2.53. The molecule has 2 aromatic carbocycles. The van der Waals surface area contributed by atoms with Crippen LogP contribution in [0.2, 0.25) is 0 Å². The van der Waals surface area contributed by atoms with Crippen molar-refractivity contribution in [2.45, 2.75) is 121 Å². The minimum atomic E-state index is -0.942. The number of nitrogens with one attached hydrogen (secondary N) is 4. The Bertz CT molecular complexity index is 1280. The maximum Gasteiger partial charge on any atom is 0.251 e. The molecule has 3 fully saturated rings. The highest BCUT2D eigenvalue weighted by atomic mass is 16.3. The maximum absolute atomic E-state index is 13.9. The van der Waals surface area contributed by atoms with Crippen molar-refractivity contribution >= 4 is 29.1 Å². The van der Waals surface area contributed by atoms with E-state index >= 15 is 0 Å². The highest BCUT2D eigenvalue weighted by Gasteiger charge is 2.27. The molecule has 9 heteroatoms. The minimum Gasteiger partial charge on any atom is -0.390 e. The van der Waals surface area contributed by atoms with Crippen molar-refractivity contribution in [1.82, 2.24) is 16.0 Å². The summed E-state index contributed by atoms with van der Waals surface area (Å²) in [5.41, 5.74) is 3.00. The van der Waals surface area contributed by atoms with Gasteiger partial charge in [0.05, 0.1) is 18.2 Å². The fourth-order valence-corrected chi connectivity index (χ4v) is 6.89. The molecule has 2 aromatic rings. The van der Waals surface area contributed by atoms with E-state index in [1.165, 1.54) is 25.7 Å². The lowest BCUT2D eigenvalue weighted by atomic mass is 9.95. The summed E-state index contributed by atoms with van der Waals surface area (Å²) in [5, 5.41) is 24.4. The fraction of sp³-hybridized carbons (Fsp3) is 0.583. The zero-order valence-electron chi connectivity index (χ0n) is 26.7. The molecule has 0 bridgehead atoms. The van der Waals surface area contributed by atoms with E-state index in [-0.39, 0.29) is 30.3 Å². The van der Waals surface area contributed by atoms with Crippen LogP contribution in [0.4, 0.5) is 11.4 Å². The molecule has 3 atom stereocenters. The van der Waals surface area contributed by atoms with E-state index in [1.54, 1.807) is 11.0 Å². The molecular formula is C36H51N5O4. The summed E-state index contributed by atoms with van der Waals surface area (Å²) in [5.74, 6) is -0.302. The van der Waals surface area contributed by atoms with E-state index in [0.29, 0.717) is 31.0 Å². The first-order chi connectivity index (χ1) is 21.9. The van der Waals surface area contributed by atoms with Gasteiger partial charge in [-0.1, -0.05) is 68.9 Å². The molecule has 5 rings (SSSR count). The van der Waals surface area contributed by atoms with Gasteiger partial charge in [-0.05, 0) is 69.2 Å². The van der Waals surface area contributed by atoms with Crippen LogP contribution in [-0.2, 0) is 16.0 Å². The molecule has 3 amide bonds. The van der Waals surface area contributed by atoms with Crippen molar-refractivity contribution in [3.05, 3.63) is 59.7 Å². The molecule has 0 spiro atoms. The first-order valence-electron chi connectivity index (χ1n) is 17.1. The van der Waals surface area contributed by atoms with Gasteiger partial charge >= 0.3 is 0 Å². The number of anilines is 2. The number of benzene rings is 2. The largest absolute Gasteiger partial charge is 0.390 e. The van der Waals surface area contributed by atoms with Gasteiger partial charge in [-0.15, -0.1) is 0 Å². The van der Waals surface area contributed by atoms with E-state index in [9.17, 15) is 19.5 Å². The lowest BCUT2D eigenvalue weighted by Gasteiger charge is -2.28. The number of amides is 3. The first kappa shape index (κ1) is 32.9. The number of hydrogen-bond acceptors (Lipinski definition) is 6. The number of aliphatic hydroxyl groups excluding tert-OH is 1. The lowest BCUT2D eigenvalue weighted by molar-refractivity contribution is -0.123. The van der Waals surface area contributed by atoms with E-state index in [4.69, 9.17) is 0 Å². The number of aliphatic hydroxyl groups is 1. The molecule has 1 saturated heterocycles. The summed E-state index contributed by atoms with van der Waals surface area (Å²) in [6.45, 7) is 2.59. The van der Waals surface area contributed by atoms with Gasteiger partial charge < -0.3 is 31.3 Å². The third kappa shape index (κ3) is 9.53. The Morgan fingerprint density at radius 3 is 2.27 bits per heavy atom.